The Morgan fingerprint density at radius 3 is 2.70 bits per heavy atom. The molecule has 0 bridgehead atoms. The largest absolute Gasteiger partial charge is 0.375 e. The number of thioether (sulfide) groups is 1. The standard InChI is InChI=1S/C15H18N2O4S2/c1-10-3-5-11(6-4-10)17-12-8-23(19,20)9-13(12)22-15(17)16-14(18)7-21-2/h3-6,12-13H,7-9H2,1-2H3/t12-,13+/m1/s1. The number of sulfone groups is 1. The molecule has 1 aromatic carbocycles. The molecule has 0 saturated carbocycles. The summed E-state index contributed by atoms with van der Waals surface area (Å²) in [4.78, 5) is 17.8. The molecule has 23 heavy (non-hydrogen) atoms. The van der Waals surface area contributed by atoms with Crippen molar-refractivity contribution in [3.05, 3.63) is 29.8 Å². The zero-order valence-corrected chi connectivity index (χ0v) is 14.6. The highest BCUT2D eigenvalue weighted by molar-refractivity contribution is 8.16. The van der Waals surface area contributed by atoms with Gasteiger partial charge in [0.15, 0.2) is 15.0 Å². The van der Waals surface area contributed by atoms with Gasteiger partial charge in [-0.05, 0) is 19.1 Å². The lowest BCUT2D eigenvalue weighted by Gasteiger charge is -2.24. The summed E-state index contributed by atoms with van der Waals surface area (Å²) in [6.45, 7) is 1.90. The monoisotopic (exact) mass is 354 g/mol. The van der Waals surface area contributed by atoms with Crippen molar-refractivity contribution in [1.82, 2.24) is 0 Å². The lowest BCUT2D eigenvalue weighted by molar-refractivity contribution is -0.121. The van der Waals surface area contributed by atoms with Crippen LogP contribution in [0.1, 0.15) is 5.56 Å². The van der Waals surface area contributed by atoms with E-state index in [1.54, 1.807) is 0 Å². The van der Waals surface area contributed by atoms with E-state index < -0.39 is 9.84 Å². The molecule has 1 amide bonds. The van der Waals surface area contributed by atoms with Gasteiger partial charge in [-0.25, -0.2) is 8.42 Å². The van der Waals surface area contributed by atoms with E-state index in [1.807, 2.05) is 36.1 Å². The minimum atomic E-state index is -3.04. The average Bonchev–Trinajstić information content (AvgIpc) is 2.91. The molecule has 2 atom stereocenters. The fourth-order valence-corrected chi connectivity index (χ4v) is 6.77. The Labute approximate surface area is 139 Å². The van der Waals surface area contributed by atoms with E-state index in [4.69, 9.17) is 4.74 Å². The van der Waals surface area contributed by atoms with Gasteiger partial charge in [-0.2, -0.15) is 4.99 Å². The Morgan fingerprint density at radius 1 is 1.35 bits per heavy atom. The van der Waals surface area contributed by atoms with Gasteiger partial charge in [0.2, 0.25) is 0 Å². The third-order valence-electron chi connectivity index (χ3n) is 3.87. The molecule has 0 spiro atoms. The van der Waals surface area contributed by atoms with Crippen LogP contribution in [-0.4, -0.2) is 56.0 Å². The normalized spacial score (nSPS) is 27.4. The predicted molar refractivity (Wildman–Crippen MR) is 91.8 cm³/mol. The molecule has 0 radical (unpaired) electrons. The molecule has 0 aliphatic carbocycles. The number of fused-ring (bicyclic) bond motifs is 1. The van der Waals surface area contributed by atoms with E-state index in [0.29, 0.717) is 5.17 Å². The van der Waals surface area contributed by atoms with Crippen molar-refractivity contribution in [2.75, 3.05) is 30.1 Å². The summed E-state index contributed by atoms with van der Waals surface area (Å²) in [5.41, 5.74) is 1.97. The Hall–Kier alpha value is -1.38. The molecule has 2 heterocycles. The molecule has 2 aliphatic rings. The van der Waals surface area contributed by atoms with Crippen LogP contribution >= 0.6 is 11.8 Å². The molecular formula is C15H18N2O4S2. The summed E-state index contributed by atoms with van der Waals surface area (Å²) in [7, 11) is -1.60. The molecule has 0 aromatic heterocycles. The quantitative estimate of drug-likeness (QED) is 0.813. The van der Waals surface area contributed by atoms with Gasteiger partial charge in [0, 0.05) is 18.0 Å². The van der Waals surface area contributed by atoms with Crippen LogP contribution in [0.25, 0.3) is 0 Å². The molecular weight excluding hydrogens is 336 g/mol. The van der Waals surface area contributed by atoms with Crippen molar-refractivity contribution < 1.29 is 17.9 Å². The number of benzene rings is 1. The minimum absolute atomic E-state index is 0.0839. The summed E-state index contributed by atoms with van der Waals surface area (Å²) in [6.07, 6.45) is 0. The first-order chi connectivity index (χ1) is 10.9. The molecule has 1 aromatic rings. The number of aliphatic imine (C=N–C) groups is 1. The fourth-order valence-electron chi connectivity index (χ4n) is 2.83. The number of carbonyl (C=O) groups excluding carboxylic acids is 1. The van der Waals surface area contributed by atoms with Crippen molar-refractivity contribution >= 4 is 38.4 Å². The smallest absolute Gasteiger partial charge is 0.274 e. The molecule has 124 valence electrons. The van der Waals surface area contributed by atoms with Crippen LogP contribution in [0.5, 0.6) is 0 Å². The van der Waals surface area contributed by atoms with Gasteiger partial charge in [0.1, 0.15) is 6.61 Å². The molecule has 2 fully saturated rings. The maximum Gasteiger partial charge on any atom is 0.274 e. The first-order valence-electron chi connectivity index (χ1n) is 7.23. The molecule has 0 N–H and O–H groups in total. The van der Waals surface area contributed by atoms with Crippen LogP contribution in [0.3, 0.4) is 0 Å². The third kappa shape index (κ3) is 3.44. The number of ether oxygens (including phenoxy) is 1. The first-order valence-corrected chi connectivity index (χ1v) is 9.93. The number of hydrogen-bond acceptors (Lipinski definition) is 5. The second kappa shape index (κ2) is 6.26. The SMILES string of the molecule is COCC(=O)N=C1S[C@H]2CS(=O)(=O)C[C@H]2N1c1ccc(C)cc1. The van der Waals surface area contributed by atoms with E-state index in [0.717, 1.165) is 11.3 Å². The number of amides is 1. The minimum Gasteiger partial charge on any atom is -0.375 e. The van der Waals surface area contributed by atoms with Gasteiger partial charge in [-0.15, -0.1) is 0 Å². The summed E-state index contributed by atoms with van der Waals surface area (Å²) in [5.74, 6) is -0.145. The Balaban J connectivity index is 1.97. The molecule has 2 aliphatic heterocycles. The van der Waals surface area contributed by atoms with Crippen molar-refractivity contribution in [3.8, 4) is 0 Å². The van der Waals surface area contributed by atoms with Crippen LogP contribution in [0.4, 0.5) is 5.69 Å². The predicted octanol–water partition coefficient (Wildman–Crippen LogP) is 1.24. The molecule has 3 rings (SSSR count). The lowest BCUT2D eigenvalue weighted by atomic mass is 10.1. The zero-order valence-electron chi connectivity index (χ0n) is 12.9. The fraction of sp³-hybridized carbons (Fsp3) is 0.467. The summed E-state index contributed by atoms with van der Waals surface area (Å²) in [5, 5.41) is 0.469. The van der Waals surface area contributed by atoms with E-state index in [2.05, 4.69) is 4.99 Å². The highest BCUT2D eigenvalue weighted by Crippen LogP contribution is 2.40. The summed E-state index contributed by atoms with van der Waals surface area (Å²) >= 11 is 1.37. The second-order valence-electron chi connectivity index (χ2n) is 5.73. The molecule has 0 unspecified atom stereocenters. The van der Waals surface area contributed by atoms with Gasteiger partial charge in [0.25, 0.3) is 5.91 Å². The summed E-state index contributed by atoms with van der Waals surface area (Å²) < 4.78 is 28.7. The van der Waals surface area contributed by atoms with Crippen LogP contribution in [0.15, 0.2) is 29.3 Å². The maximum absolute atomic E-state index is 11.9. The highest BCUT2D eigenvalue weighted by Gasteiger charge is 2.49. The van der Waals surface area contributed by atoms with Gasteiger partial charge in [0.05, 0.1) is 17.5 Å². The van der Waals surface area contributed by atoms with Crippen LogP contribution in [0.2, 0.25) is 0 Å². The Kier molecular flexibility index (Phi) is 4.48. The number of rotatable bonds is 3. The topological polar surface area (TPSA) is 76.0 Å². The molecule has 6 nitrogen and oxygen atoms in total. The number of hydrogen-bond donors (Lipinski definition) is 0. The van der Waals surface area contributed by atoms with Gasteiger partial charge in [-0.1, -0.05) is 29.5 Å². The van der Waals surface area contributed by atoms with E-state index in [1.165, 1.54) is 18.9 Å². The first kappa shape index (κ1) is 16.5. The molecule has 8 heteroatoms. The number of aryl methyl sites for hydroxylation is 1. The number of anilines is 1. The number of nitrogens with zero attached hydrogens (tertiary/aromatic N) is 2. The highest BCUT2D eigenvalue weighted by atomic mass is 32.2. The van der Waals surface area contributed by atoms with Crippen molar-refractivity contribution in [1.29, 1.82) is 0 Å². The third-order valence-corrected chi connectivity index (χ3v) is 7.08. The number of carbonyl (C=O) groups is 1. The number of amidine groups is 1. The van der Waals surface area contributed by atoms with Crippen molar-refractivity contribution in [2.24, 2.45) is 4.99 Å². The van der Waals surface area contributed by atoms with Gasteiger partial charge >= 0.3 is 0 Å². The lowest BCUT2D eigenvalue weighted by Crippen LogP contribution is -2.37. The van der Waals surface area contributed by atoms with E-state index in [9.17, 15) is 13.2 Å². The van der Waals surface area contributed by atoms with Crippen molar-refractivity contribution in [2.45, 2.75) is 18.2 Å². The van der Waals surface area contributed by atoms with E-state index in [-0.39, 0.29) is 35.3 Å². The molecule has 2 saturated heterocycles. The maximum atomic E-state index is 11.9. The Bertz CT molecular complexity index is 743. The van der Waals surface area contributed by atoms with Crippen LogP contribution in [-0.2, 0) is 19.4 Å². The van der Waals surface area contributed by atoms with E-state index >= 15 is 0 Å². The van der Waals surface area contributed by atoms with Crippen LogP contribution < -0.4 is 4.90 Å². The second-order valence-corrected chi connectivity index (χ2v) is 9.09. The van der Waals surface area contributed by atoms with Gasteiger partial charge in [-0.3, -0.25) is 4.79 Å². The van der Waals surface area contributed by atoms with Crippen LogP contribution in [0, 0.1) is 6.92 Å². The summed E-state index contributed by atoms with van der Waals surface area (Å²) in [6, 6.07) is 7.61. The van der Waals surface area contributed by atoms with Crippen molar-refractivity contribution in [3.63, 3.8) is 0 Å². The van der Waals surface area contributed by atoms with Gasteiger partial charge < -0.3 is 9.64 Å². The zero-order chi connectivity index (χ0) is 16.6. The Morgan fingerprint density at radius 2 is 2.04 bits per heavy atom. The average molecular weight is 354 g/mol. The number of methoxy groups -OCH3 is 1.